The molecule has 0 aliphatic heterocycles. The van der Waals surface area contributed by atoms with Gasteiger partial charge in [0.05, 0.1) is 5.56 Å². The van der Waals surface area contributed by atoms with E-state index in [9.17, 15) is 5.26 Å². The molecule has 0 radical (unpaired) electrons. The van der Waals surface area contributed by atoms with E-state index in [1.807, 2.05) is 13.1 Å². The highest BCUT2D eigenvalue weighted by Crippen LogP contribution is 2.45. The van der Waals surface area contributed by atoms with E-state index < -0.39 is 0 Å². The number of hydrogen-bond acceptors (Lipinski definition) is 3. The van der Waals surface area contributed by atoms with Gasteiger partial charge in [0, 0.05) is 12.7 Å². The molecule has 18 heavy (non-hydrogen) atoms. The quantitative estimate of drug-likeness (QED) is 0.823. The van der Waals surface area contributed by atoms with E-state index in [0.29, 0.717) is 11.4 Å². The molecule has 0 unspecified atom stereocenters. The van der Waals surface area contributed by atoms with Gasteiger partial charge in [-0.3, -0.25) is 0 Å². The van der Waals surface area contributed by atoms with Gasteiger partial charge in [-0.15, -0.1) is 0 Å². The first-order valence-corrected chi connectivity index (χ1v) is 6.41. The monoisotopic (exact) mass is 243 g/mol. The number of nitrogens with zero attached hydrogens (tertiary/aromatic N) is 2. The maximum Gasteiger partial charge on any atom is 0.143 e. The van der Waals surface area contributed by atoms with Crippen molar-refractivity contribution >= 4 is 5.82 Å². The fourth-order valence-electron chi connectivity index (χ4n) is 3.36. The molecule has 0 amide bonds. The van der Waals surface area contributed by atoms with E-state index >= 15 is 0 Å². The number of rotatable bonds is 1. The molecule has 0 fully saturated rings. The zero-order valence-corrected chi connectivity index (χ0v) is 11.9. The molecule has 96 valence electrons. The van der Waals surface area contributed by atoms with Crippen LogP contribution in [0.2, 0.25) is 0 Å². The van der Waals surface area contributed by atoms with Crippen molar-refractivity contribution in [2.75, 3.05) is 12.4 Å². The summed E-state index contributed by atoms with van der Waals surface area (Å²) in [6.45, 7) is 9.07. The van der Waals surface area contributed by atoms with Crippen molar-refractivity contribution in [3.63, 3.8) is 0 Å². The third kappa shape index (κ3) is 2.08. The minimum Gasteiger partial charge on any atom is -0.372 e. The molecule has 0 saturated heterocycles. The molecule has 1 aromatic rings. The molecular formula is C15H21N3. The van der Waals surface area contributed by atoms with Crippen LogP contribution >= 0.6 is 0 Å². The van der Waals surface area contributed by atoms with Crippen LogP contribution in [0.4, 0.5) is 5.82 Å². The van der Waals surface area contributed by atoms with E-state index in [4.69, 9.17) is 0 Å². The third-order valence-corrected chi connectivity index (χ3v) is 3.75. The molecule has 1 aliphatic carbocycles. The molecule has 1 aliphatic rings. The summed E-state index contributed by atoms with van der Waals surface area (Å²) in [5.41, 5.74) is 3.37. The molecular weight excluding hydrogens is 222 g/mol. The number of hydrogen-bond donors (Lipinski definition) is 1. The lowest BCUT2D eigenvalue weighted by molar-refractivity contribution is 0.228. The smallest absolute Gasteiger partial charge is 0.143 e. The fraction of sp³-hybridized carbons (Fsp3) is 0.600. The zero-order chi connectivity index (χ0) is 13.6. The summed E-state index contributed by atoms with van der Waals surface area (Å²) in [7, 11) is 1.81. The van der Waals surface area contributed by atoms with Gasteiger partial charge in [0.25, 0.3) is 0 Å². The SMILES string of the molecule is CNc1nc2c(cc1C#N)C(C)(C)CC(C)(C)C2. The maximum absolute atomic E-state index is 9.19. The summed E-state index contributed by atoms with van der Waals surface area (Å²) in [4.78, 5) is 4.66. The summed E-state index contributed by atoms with van der Waals surface area (Å²) in [6, 6.07) is 4.25. The lowest BCUT2D eigenvalue weighted by Crippen LogP contribution is -2.35. The van der Waals surface area contributed by atoms with Crippen LogP contribution in [0, 0.1) is 16.7 Å². The van der Waals surface area contributed by atoms with Crippen LogP contribution in [-0.2, 0) is 11.8 Å². The van der Waals surface area contributed by atoms with Gasteiger partial charge < -0.3 is 5.32 Å². The second-order valence-electron chi connectivity index (χ2n) is 6.64. The second-order valence-corrected chi connectivity index (χ2v) is 6.64. The van der Waals surface area contributed by atoms with Crippen LogP contribution < -0.4 is 5.32 Å². The minimum atomic E-state index is 0.0853. The first kappa shape index (κ1) is 12.9. The average molecular weight is 243 g/mol. The molecule has 0 spiro atoms. The zero-order valence-electron chi connectivity index (χ0n) is 11.9. The van der Waals surface area contributed by atoms with E-state index in [1.165, 1.54) is 5.56 Å². The van der Waals surface area contributed by atoms with Crippen LogP contribution in [0.15, 0.2) is 6.07 Å². The molecule has 0 aromatic carbocycles. The second kappa shape index (κ2) is 3.98. The van der Waals surface area contributed by atoms with Gasteiger partial charge in [-0.25, -0.2) is 4.98 Å². The van der Waals surface area contributed by atoms with Crippen LogP contribution in [0.1, 0.15) is 50.9 Å². The van der Waals surface area contributed by atoms with Gasteiger partial charge in [-0.05, 0) is 35.3 Å². The van der Waals surface area contributed by atoms with E-state index in [1.54, 1.807) is 0 Å². The van der Waals surface area contributed by atoms with Gasteiger partial charge in [0.2, 0.25) is 0 Å². The Kier molecular flexibility index (Phi) is 2.85. The normalized spacial score (nSPS) is 19.8. The van der Waals surface area contributed by atoms with Crippen molar-refractivity contribution < 1.29 is 0 Å². The fourth-order valence-corrected chi connectivity index (χ4v) is 3.36. The highest BCUT2D eigenvalue weighted by Gasteiger charge is 2.38. The van der Waals surface area contributed by atoms with Gasteiger partial charge in [0.15, 0.2) is 0 Å². The third-order valence-electron chi connectivity index (χ3n) is 3.75. The molecule has 0 bridgehead atoms. The number of nitrogens with one attached hydrogen (secondary N) is 1. The van der Waals surface area contributed by atoms with Crippen molar-refractivity contribution in [2.24, 2.45) is 5.41 Å². The van der Waals surface area contributed by atoms with E-state index in [-0.39, 0.29) is 10.8 Å². The number of aromatic nitrogens is 1. The van der Waals surface area contributed by atoms with Crippen molar-refractivity contribution in [1.29, 1.82) is 5.26 Å². The highest BCUT2D eigenvalue weighted by molar-refractivity contribution is 5.55. The Morgan fingerprint density at radius 3 is 2.56 bits per heavy atom. The predicted octanol–water partition coefficient (Wildman–Crippen LogP) is 3.24. The molecule has 3 heteroatoms. The van der Waals surface area contributed by atoms with Crippen LogP contribution in [-0.4, -0.2) is 12.0 Å². The Labute approximate surface area is 109 Å². The topological polar surface area (TPSA) is 48.7 Å². The van der Waals surface area contributed by atoms with Gasteiger partial charge >= 0.3 is 0 Å². The molecule has 1 N–H and O–H groups in total. The summed E-state index contributed by atoms with van der Waals surface area (Å²) in [6.07, 6.45) is 2.10. The van der Waals surface area contributed by atoms with Gasteiger partial charge in [-0.2, -0.15) is 5.26 Å². The standard InChI is InChI=1S/C15H21N3/c1-14(2)7-12-11(15(3,4)9-14)6-10(8-16)13(17-5)18-12/h6H,7,9H2,1-5H3,(H,17,18). The average Bonchev–Trinajstić information content (AvgIpc) is 2.24. The Balaban J connectivity index is 2.63. The van der Waals surface area contributed by atoms with Crippen molar-refractivity contribution in [2.45, 2.75) is 46.0 Å². The summed E-state index contributed by atoms with van der Waals surface area (Å²) >= 11 is 0. The van der Waals surface area contributed by atoms with E-state index in [0.717, 1.165) is 18.5 Å². The maximum atomic E-state index is 9.19. The lowest BCUT2D eigenvalue weighted by atomic mass is 9.64. The molecule has 0 saturated carbocycles. The molecule has 2 rings (SSSR count). The molecule has 1 aromatic heterocycles. The Morgan fingerprint density at radius 2 is 2.00 bits per heavy atom. The van der Waals surface area contributed by atoms with E-state index in [2.05, 4.69) is 44.1 Å². The Morgan fingerprint density at radius 1 is 1.33 bits per heavy atom. The van der Waals surface area contributed by atoms with Crippen LogP contribution in [0.25, 0.3) is 0 Å². The van der Waals surface area contributed by atoms with Crippen LogP contribution in [0.3, 0.4) is 0 Å². The highest BCUT2D eigenvalue weighted by atomic mass is 15.0. The molecule has 3 nitrogen and oxygen atoms in total. The van der Waals surface area contributed by atoms with Crippen molar-refractivity contribution in [3.05, 3.63) is 22.9 Å². The minimum absolute atomic E-state index is 0.0853. The van der Waals surface area contributed by atoms with Gasteiger partial charge in [0.1, 0.15) is 11.9 Å². The van der Waals surface area contributed by atoms with Gasteiger partial charge in [-0.1, -0.05) is 27.7 Å². The summed E-state index contributed by atoms with van der Waals surface area (Å²) < 4.78 is 0. The molecule has 1 heterocycles. The summed E-state index contributed by atoms with van der Waals surface area (Å²) in [5.74, 6) is 0.699. The largest absolute Gasteiger partial charge is 0.372 e. The van der Waals surface area contributed by atoms with Crippen LogP contribution in [0.5, 0.6) is 0 Å². The van der Waals surface area contributed by atoms with Crippen molar-refractivity contribution in [3.8, 4) is 6.07 Å². The molecule has 0 atom stereocenters. The first-order chi connectivity index (χ1) is 8.29. The number of nitriles is 1. The summed E-state index contributed by atoms with van der Waals surface area (Å²) in [5, 5.41) is 12.2. The number of fused-ring (bicyclic) bond motifs is 1. The Hall–Kier alpha value is -1.56. The van der Waals surface area contributed by atoms with Crippen molar-refractivity contribution in [1.82, 2.24) is 4.98 Å². The predicted molar refractivity (Wildman–Crippen MR) is 73.6 cm³/mol. The first-order valence-electron chi connectivity index (χ1n) is 6.41. The number of pyridine rings is 1. The Bertz CT molecular complexity index is 521. The number of anilines is 1. The lowest BCUT2D eigenvalue weighted by Gasteiger charge is -2.41.